The maximum absolute atomic E-state index is 12.3. The average molecular weight is 406 g/mol. The van der Waals surface area contributed by atoms with Crippen molar-refractivity contribution in [2.45, 2.75) is 0 Å². The Kier molecular flexibility index (Phi) is 6.25. The quantitative estimate of drug-likeness (QED) is 0.238. The van der Waals surface area contributed by atoms with Crippen LogP contribution in [0.5, 0.6) is 0 Å². The highest BCUT2D eigenvalue weighted by Crippen LogP contribution is 2.15. The SMILES string of the molecule is [O-][N+](=Nc1cnc(/C=C/c2ccccc2)nc1)c1cnc(/C=C/c2ccccc2)nc1. The maximum atomic E-state index is 12.3. The first-order chi connectivity index (χ1) is 15.3. The van der Waals surface area contributed by atoms with Crippen LogP contribution < -0.4 is 0 Å². The van der Waals surface area contributed by atoms with E-state index in [0.717, 1.165) is 11.1 Å². The third-order valence-electron chi connectivity index (χ3n) is 4.19. The fourth-order valence-corrected chi connectivity index (χ4v) is 2.62. The molecule has 0 bridgehead atoms. The molecule has 0 aliphatic rings. The predicted molar refractivity (Wildman–Crippen MR) is 120 cm³/mol. The molecule has 0 aliphatic carbocycles. The molecule has 0 saturated heterocycles. The fourth-order valence-electron chi connectivity index (χ4n) is 2.62. The first-order valence-electron chi connectivity index (χ1n) is 9.55. The molecule has 2 aromatic carbocycles. The number of benzene rings is 2. The summed E-state index contributed by atoms with van der Waals surface area (Å²) in [5, 5.41) is 16.2. The van der Waals surface area contributed by atoms with Crippen LogP contribution in [-0.2, 0) is 0 Å². The Labute approximate surface area is 179 Å². The van der Waals surface area contributed by atoms with E-state index >= 15 is 0 Å². The van der Waals surface area contributed by atoms with E-state index < -0.39 is 0 Å². The van der Waals surface area contributed by atoms with Gasteiger partial charge in [0.25, 0.3) is 5.69 Å². The van der Waals surface area contributed by atoms with Crippen molar-refractivity contribution in [1.29, 1.82) is 0 Å². The van der Waals surface area contributed by atoms with Crippen molar-refractivity contribution >= 4 is 35.7 Å². The highest BCUT2D eigenvalue weighted by molar-refractivity contribution is 5.67. The van der Waals surface area contributed by atoms with Gasteiger partial charge in [-0.15, -0.1) is 0 Å². The third-order valence-corrected chi connectivity index (χ3v) is 4.19. The Hall–Kier alpha value is -4.52. The Balaban J connectivity index is 1.41. The second-order valence-electron chi connectivity index (χ2n) is 6.46. The lowest BCUT2D eigenvalue weighted by Gasteiger charge is -1.99. The molecule has 0 spiro atoms. The normalized spacial score (nSPS) is 11.9. The van der Waals surface area contributed by atoms with Crippen LogP contribution in [-0.4, -0.2) is 24.8 Å². The van der Waals surface area contributed by atoms with Crippen molar-refractivity contribution in [3.8, 4) is 0 Å². The summed E-state index contributed by atoms with van der Waals surface area (Å²) in [6.07, 6.45) is 13.2. The van der Waals surface area contributed by atoms with Gasteiger partial charge >= 0.3 is 0 Å². The van der Waals surface area contributed by atoms with Gasteiger partial charge in [0, 0.05) is 5.11 Å². The molecular weight excluding hydrogens is 388 g/mol. The fraction of sp³-hybridized carbons (Fsp3) is 0. The van der Waals surface area contributed by atoms with Crippen LogP contribution in [0.25, 0.3) is 24.3 Å². The van der Waals surface area contributed by atoms with Crippen LogP contribution in [0.15, 0.2) is 90.6 Å². The summed E-state index contributed by atoms with van der Waals surface area (Å²) in [5.74, 6) is 1.03. The number of hydrogen-bond acceptors (Lipinski definition) is 6. The lowest BCUT2D eigenvalue weighted by Crippen LogP contribution is -1.95. The Morgan fingerprint density at radius 2 is 1.06 bits per heavy atom. The highest BCUT2D eigenvalue weighted by atomic mass is 16.5. The Morgan fingerprint density at radius 1 is 0.613 bits per heavy atom. The van der Waals surface area contributed by atoms with Gasteiger partial charge < -0.3 is 5.21 Å². The summed E-state index contributed by atoms with van der Waals surface area (Å²) in [6.45, 7) is 0. The van der Waals surface area contributed by atoms with E-state index in [0.29, 0.717) is 22.2 Å². The van der Waals surface area contributed by atoms with Gasteiger partial charge in [0.15, 0.2) is 17.3 Å². The summed E-state index contributed by atoms with van der Waals surface area (Å²) in [6, 6.07) is 19.7. The highest BCUT2D eigenvalue weighted by Gasteiger charge is 2.06. The number of rotatable bonds is 6. The lowest BCUT2D eigenvalue weighted by atomic mass is 10.2. The molecule has 2 heterocycles. The molecule has 31 heavy (non-hydrogen) atoms. The van der Waals surface area contributed by atoms with Gasteiger partial charge in [-0.2, -0.15) is 0 Å². The van der Waals surface area contributed by atoms with Crippen LogP contribution in [0, 0.1) is 5.21 Å². The van der Waals surface area contributed by atoms with Gasteiger partial charge in [0.05, 0.1) is 12.4 Å². The van der Waals surface area contributed by atoms with Gasteiger partial charge in [-0.1, -0.05) is 72.8 Å². The molecule has 0 atom stereocenters. The molecular formula is C24H18N6O. The summed E-state index contributed by atoms with van der Waals surface area (Å²) in [4.78, 5) is 17.2. The van der Waals surface area contributed by atoms with E-state index in [9.17, 15) is 5.21 Å². The zero-order valence-corrected chi connectivity index (χ0v) is 16.5. The predicted octanol–water partition coefficient (Wildman–Crippen LogP) is 5.53. The van der Waals surface area contributed by atoms with Crippen LogP contribution >= 0.6 is 0 Å². The molecule has 0 amide bonds. The van der Waals surface area contributed by atoms with Gasteiger partial charge in [0.2, 0.25) is 0 Å². The molecule has 4 aromatic rings. The summed E-state index contributed by atoms with van der Waals surface area (Å²) in [7, 11) is 0. The molecule has 150 valence electrons. The van der Waals surface area contributed by atoms with E-state index in [1.54, 1.807) is 12.2 Å². The van der Waals surface area contributed by atoms with Crippen LogP contribution in [0.4, 0.5) is 11.4 Å². The standard InChI is InChI=1S/C24H18N6O/c31-30(22-17-27-24(28-18-22)14-12-20-9-5-2-6-10-20)29-21-15-25-23(26-16-21)13-11-19-7-3-1-4-8-19/h1-18H/b13-11+,14-12+,30-29?. The first-order valence-corrected chi connectivity index (χ1v) is 9.55. The zero-order valence-electron chi connectivity index (χ0n) is 16.5. The smallest absolute Gasteiger partial charge is 0.281 e. The van der Waals surface area contributed by atoms with Crippen LogP contribution in [0.1, 0.15) is 22.8 Å². The summed E-state index contributed by atoms with van der Waals surface area (Å²) >= 11 is 0. The molecule has 7 heteroatoms. The maximum Gasteiger partial charge on any atom is 0.281 e. The van der Waals surface area contributed by atoms with E-state index in [4.69, 9.17) is 0 Å². The minimum atomic E-state index is 0.213. The van der Waals surface area contributed by atoms with Crippen molar-refractivity contribution in [2.24, 2.45) is 5.11 Å². The minimum Gasteiger partial charge on any atom is -0.594 e. The molecule has 7 nitrogen and oxygen atoms in total. The van der Waals surface area contributed by atoms with Gasteiger partial charge in [-0.3, -0.25) is 0 Å². The van der Waals surface area contributed by atoms with E-state index in [1.165, 1.54) is 24.8 Å². The molecule has 0 aliphatic heterocycles. The molecule has 2 aromatic heterocycles. The summed E-state index contributed by atoms with van der Waals surface area (Å²) < 4.78 is 0. The molecule has 0 fully saturated rings. The second kappa shape index (κ2) is 9.80. The van der Waals surface area contributed by atoms with Crippen molar-refractivity contribution in [3.05, 3.63) is 113 Å². The van der Waals surface area contributed by atoms with Gasteiger partial charge in [-0.25, -0.2) is 19.9 Å². The second-order valence-corrected chi connectivity index (χ2v) is 6.46. The monoisotopic (exact) mass is 406 g/mol. The Bertz CT molecular complexity index is 1200. The van der Waals surface area contributed by atoms with Crippen molar-refractivity contribution in [1.82, 2.24) is 19.9 Å². The Morgan fingerprint density at radius 3 is 1.55 bits per heavy atom. The number of aromatic nitrogens is 4. The average Bonchev–Trinajstić information content (AvgIpc) is 2.84. The van der Waals surface area contributed by atoms with Crippen LogP contribution in [0.2, 0.25) is 0 Å². The molecule has 4 rings (SSSR count). The largest absolute Gasteiger partial charge is 0.594 e. The molecule has 0 saturated carbocycles. The lowest BCUT2D eigenvalue weighted by molar-refractivity contribution is -0.435. The summed E-state index contributed by atoms with van der Waals surface area (Å²) in [5.41, 5.74) is 2.63. The molecule has 0 N–H and O–H groups in total. The molecule has 0 radical (unpaired) electrons. The van der Waals surface area contributed by atoms with Crippen molar-refractivity contribution < 1.29 is 4.86 Å². The number of nitrogens with zero attached hydrogens (tertiary/aromatic N) is 6. The third kappa shape index (κ3) is 5.74. The van der Waals surface area contributed by atoms with Gasteiger partial charge in [-0.05, 0) is 28.1 Å². The van der Waals surface area contributed by atoms with Gasteiger partial charge in [0.1, 0.15) is 12.4 Å². The minimum absolute atomic E-state index is 0.213. The van der Waals surface area contributed by atoms with Crippen molar-refractivity contribution in [2.75, 3.05) is 0 Å². The topological polar surface area (TPSA) is 90.0 Å². The van der Waals surface area contributed by atoms with Crippen LogP contribution in [0.3, 0.4) is 0 Å². The number of hydrogen-bond donors (Lipinski definition) is 0. The number of azo groups is 1. The van der Waals surface area contributed by atoms with E-state index in [1.807, 2.05) is 72.8 Å². The molecule has 0 unspecified atom stereocenters. The van der Waals surface area contributed by atoms with Crippen molar-refractivity contribution in [3.63, 3.8) is 0 Å². The van der Waals surface area contributed by atoms with E-state index in [2.05, 4.69) is 25.1 Å². The zero-order chi connectivity index (χ0) is 21.3. The first kappa shape index (κ1) is 19.8. The van der Waals surface area contributed by atoms with E-state index in [-0.39, 0.29) is 5.69 Å².